The SMILES string of the molecule is COc1ccc(COC[C@@H](C)[C@@H]2CC(C)=C[C@@]3(O[C@H](CO[Si](c4ccccc4)(c4ccccc4)C(C)(C)C)CC[C@H]3OCc3ccccc3)O2)cc1. The van der Waals surface area contributed by atoms with E-state index in [2.05, 4.69) is 126 Å². The first-order valence-electron chi connectivity index (χ1n) is 18.8. The van der Waals surface area contributed by atoms with Crippen LogP contribution < -0.4 is 15.1 Å². The number of hydrogen-bond acceptors (Lipinski definition) is 6. The molecule has 0 radical (unpaired) electrons. The predicted molar refractivity (Wildman–Crippen MR) is 210 cm³/mol. The maximum absolute atomic E-state index is 7.38. The number of benzene rings is 4. The van der Waals surface area contributed by atoms with E-state index in [1.807, 2.05) is 30.3 Å². The highest BCUT2D eigenvalue weighted by Gasteiger charge is 2.53. The van der Waals surface area contributed by atoms with Crippen LogP contribution in [0.3, 0.4) is 0 Å². The Morgan fingerprint density at radius 2 is 1.37 bits per heavy atom. The Kier molecular flexibility index (Phi) is 12.5. The summed E-state index contributed by atoms with van der Waals surface area (Å²) < 4.78 is 39.9. The van der Waals surface area contributed by atoms with Crippen molar-refractivity contribution in [2.45, 2.75) is 96.2 Å². The lowest BCUT2D eigenvalue weighted by Gasteiger charge is -2.50. The molecule has 6 nitrogen and oxygen atoms in total. The van der Waals surface area contributed by atoms with Crippen LogP contribution >= 0.6 is 0 Å². The van der Waals surface area contributed by atoms with E-state index >= 15 is 0 Å². The van der Waals surface area contributed by atoms with Crippen LogP contribution in [0.2, 0.25) is 5.04 Å². The first kappa shape index (κ1) is 38.2. The fourth-order valence-corrected chi connectivity index (χ4v) is 12.4. The van der Waals surface area contributed by atoms with Crippen molar-refractivity contribution in [3.8, 4) is 5.75 Å². The molecule has 0 unspecified atom stereocenters. The summed E-state index contributed by atoms with van der Waals surface area (Å²) in [6.07, 6.45) is 4.04. The molecule has 4 aromatic carbocycles. The molecular weight excluding hydrogens is 665 g/mol. The second kappa shape index (κ2) is 17.1. The van der Waals surface area contributed by atoms with Gasteiger partial charge in [0.2, 0.25) is 5.79 Å². The zero-order valence-corrected chi connectivity index (χ0v) is 32.8. The van der Waals surface area contributed by atoms with Crippen LogP contribution in [0.25, 0.3) is 0 Å². The topological polar surface area (TPSA) is 55.4 Å². The average Bonchev–Trinajstić information content (AvgIpc) is 3.15. The number of rotatable bonds is 14. The lowest BCUT2D eigenvalue weighted by Crippen LogP contribution is -2.67. The van der Waals surface area contributed by atoms with E-state index in [1.165, 1.54) is 15.9 Å². The van der Waals surface area contributed by atoms with Gasteiger partial charge in [-0.05, 0) is 70.9 Å². The van der Waals surface area contributed by atoms with Crippen molar-refractivity contribution in [3.63, 3.8) is 0 Å². The smallest absolute Gasteiger partial charge is 0.261 e. The molecule has 4 aromatic rings. The Morgan fingerprint density at radius 3 is 1.96 bits per heavy atom. The summed E-state index contributed by atoms with van der Waals surface area (Å²) in [5, 5.41) is 2.39. The van der Waals surface area contributed by atoms with Crippen molar-refractivity contribution in [2.24, 2.45) is 5.92 Å². The lowest BCUT2D eigenvalue weighted by molar-refractivity contribution is -0.330. The van der Waals surface area contributed by atoms with Crippen LogP contribution in [0, 0.1) is 5.92 Å². The van der Waals surface area contributed by atoms with E-state index in [1.54, 1.807) is 7.11 Å². The van der Waals surface area contributed by atoms with Gasteiger partial charge < -0.3 is 28.1 Å². The van der Waals surface area contributed by atoms with Crippen molar-refractivity contribution in [1.82, 2.24) is 0 Å². The maximum atomic E-state index is 7.38. The molecule has 0 N–H and O–H groups in total. The van der Waals surface area contributed by atoms with Crippen molar-refractivity contribution < 1.29 is 28.1 Å². The molecule has 1 fully saturated rings. The molecule has 52 heavy (non-hydrogen) atoms. The first-order valence-corrected chi connectivity index (χ1v) is 20.7. The van der Waals surface area contributed by atoms with Gasteiger partial charge in [0.25, 0.3) is 8.32 Å². The Hall–Kier alpha value is -3.56. The van der Waals surface area contributed by atoms with Crippen LogP contribution in [-0.4, -0.2) is 52.7 Å². The van der Waals surface area contributed by atoms with Crippen LogP contribution in [0.5, 0.6) is 5.75 Å². The zero-order chi connectivity index (χ0) is 36.6. The molecule has 0 aliphatic carbocycles. The summed E-state index contributed by atoms with van der Waals surface area (Å²) >= 11 is 0. The Balaban J connectivity index is 1.23. The molecule has 0 bridgehead atoms. The normalized spacial score (nSPS) is 22.9. The summed E-state index contributed by atoms with van der Waals surface area (Å²) in [5.41, 5.74) is 3.47. The van der Waals surface area contributed by atoms with Crippen molar-refractivity contribution in [3.05, 3.63) is 138 Å². The predicted octanol–water partition coefficient (Wildman–Crippen LogP) is 8.62. The fourth-order valence-electron chi connectivity index (χ4n) is 7.77. The third kappa shape index (κ3) is 8.79. The van der Waals surface area contributed by atoms with Gasteiger partial charge in [-0.1, -0.05) is 136 Å². The summed E-state index contributed by atoms with van der Waals surface area (Å²) in [5.74, 6) is -0.0676. The third-order valence-corrected chi connectivity index (χ3v) is 15.5. The van der Waals surface area contributed by atoms with Gasteiger partial charge in [-0.25, -0.2) is 0 Å². The second-order valence-electron chi connectivity index (χ2n) is 15.5. The summed E-state index contributed by atoms with van der Waals surface area (Å²) in [6.45, 7) is 13.4. The molecule has 2 aliphatic heterocycles. The number of ether oxygens (including phenoxy) is 5. The number of hydrogen-bond donors (Lipinski definition) is 0. The highest BCUT2D eigenvalue weighted by molar-refractivity contribution is 6.99. The molecule has 0 saturated carbocycles. The molecule has 2 aliphatic rings. The van der Waals surface area contributed by atoms with Gasteiger partial charge >= 0.3 is 0 Å². The first-order chi connectivity index (χ1) is 25.1. The largest absolute Gasteiger partial charge is 0.497 e. The molecule has 0 amide bonds. The molecule has 2 heterocycles. The minimum absolute atomic E-state index is 0.0972. The van der Waals surface area contributed by atoms with Crippen molar-refractivity contribution in [1.29, 1.82) is 0 Å². The monoisotopic (exact) mass is 720 g/mol. The van der Waals surface area contributed by atoms with Gasteiger partial charge in [-0.15, -0.1) is 0 Å². The zero-order valence-electron chi connectivity index (χ0n) is 31.8. The quantitative estimate of drug-likeness (QED) is 0.0961. The van der Waals surface area contributed by atoms with E-state index in [9.17, 15) is 0 Å². The van der Waals surface area contributed by atoms with E-state index in [4.69, 9.17) is 28.1 Å². The fraction of sp³-hybridized carbons (Fsp3) is 0.422. The van der Waals surface area contributed by atoms with E-state index < -0.39 is 14.1 Å². The van der Waals surface area contributed by atoms with Crippen LogP contribution in [0.15, 0.2) is 127 Å². The minimum Gasteiger partial charge on any atom is -0.497 e. The van der Waals surface area contributed by atoms with Crippen molar-refractivity contribution in [2.75, 3.05) is 20.3 Å². The Labute approximate surface area is 312 Å². The molecule has 1 saturated heterocycles. The standard InChI is InChI=1S/C45H56O6Si/c1-34-28-42(35(2)30-47-31-37-22-24-38(46-6)25-23-37)51-45(29-34)43(48-32-36-16-10-7-11-17-36)27-26-39(50-45)33-49-52(44(3,4)5,40-18-12-8-13-19-40)41-20-14-9-15-21-41/h7-25,29,35,39,42-43H,26-28,30-33H2,1-6H3/t35-,39+,42+,43-,45-/m1/s1. The summed E-state index contributed by atoms with van der Waals surface area (Å²) in [7, 11) is -1.08. The second-order valence-corrected chi connectivity index (χ2v) is 19.8. The molecule has 7 heteroatoms. The molecule has 0 aromatic heterocycles. The van der Waals surface area contributed by atoms with Crippen LogP contribution in [-0.2, 0) is 36.6 Å². The van der Waals surface area contributed by atoms with E-state index in [-0.39, 0.29) is 29.3 Å². The van der Waals surface area contributed by atoms with Gasteiger partial charge in [0, 0.05) is 5.92 Å². The summed E-state index contributed by atoms with van der Waals surface area (Å²) in [4.78, 5) is 0. The third-order valence-electron chi connectivity index (χ3n) is 10.5. The maximum Gasteiger partial charge on any atom is 0.261 e. The van der Waals surface area contributed by atoms with Gasteiger partial charge in [0.15, 0.2) is 0 Å². The Bertz CT molecular complexity index is 1670. The van der Waals surface area contributed by atoms with E-state index in [0.29, 0.717) is 26.4 Å². The van der Waals surface area contributed by atoms with Gasteiger partial charge in [0.1, 0.15) is 11.9 Å². The molecular formula is C45H56O6Si. The molecule has 6 rings (SSSR count). The van der Waals surface area contributed by atoms with Crippen LogP contribution in [0.4, 0.5) is 0 Å². The molecule has 5 atom stereocenters. The highest BCUT2D eigenvalue weighted by atomic mass is 28.4. The van der Waals surface area contributed by atoms with Crippen LogP contribution in [0.1, 0.15) is 65.0 Å². The van der Waals surface area contributed by atoms with Crippen molar-refractivity contribution >= 4 is 18.7 Å². The minimum atomic E-state index is -2.76. The van der Waals surface area contributed by atoms with Gasteiger partial charge in [0.05, 0.1) is 45.7 Å². The van der Waals surface area contributed by atoms with E-state index in [0.717, 1.165) is 36.1 Å². The highest BCUT2D eigenvalue weighted by Crippen LogP contribution is 2.43. The average molecular weight is 721 g/mol. The molecule has 276 valence electrons. The van der Waals surface area contributed by atoms with Gasteiger partial charge in [-0.3, -0.25) is 0 Å². The molecule has 1 spiro atoms. The summed E-state index contributed by atoms with van der Waals surface area (Å²) in [6, 6.07) is 40.0. The number of methoxy groups -OCH3 is 1. The van der Waals surface area contributed by atoms with Gasteiger partial charge in [-0.2, -0.15) is 0 Å². The lowest BCUT2D eigenvalue weighted by atomic mass is 9.89. The Morgan fingerprint density at radius 1 is 0.769 bits per heavy atom.